The van der Waals surface area contributed by atoms with Gasteiger partial charge in [0.1, 0.15) is 0 Å². The molecule has 1 N–H and O–H groups in total. The number of halogens is 2. The number of carbonyl (C=O) groups is 1. The molecule has 0 radical (unpaired) electrons. The van der Waals surface area contributed by atoms with Gasteiger partial charge < -0.3 is 5.11 Å². The Morgan fingerprint density at radius 1 is 1.50 bits per heavy atom. The van der Waals surface area contributed by atoms with Crippen LogP contribution >= 0.6 is 28.3 Å². The number of fused-ring (bicyclic) bond motifs is 1. The molecule has 0 fully saturated rings. The molecule has 88 valence electrons. The topological polar surface area (TPSA) is 40.5 Å². The van der Waals surface area contributed by atoms with E-state index in [2.05, 4.69) is 22.0 Å². The van der Waals surface area contributed by atoms with Gasteiger partial charge in [-0.25, -0.2) is 0 Å². The zero-order valence-corrected chi connectivity index (χ0v) is 11.1. The normalized spacial score (nSPS) is 15.1. The SMILES string of the molecule is Cl.O=C(O)CN1CCc2c(Br)cccc2C1. The van der Waals surface area contributed by atoms with Crippen LogP contribution in [0.25, 0.3) is 0 Å². The molecule has 0 saturated carbocycles. The highest BCUT2D eigenvalue weighted by Gasteiger charge is 2.19. The Hall–Kier alpha value is -0.580. The molecule has 1 heterocycles. The Labute approximate surface area is 109 Å². The first-order valence-electron chi connectivity index (χ1n) is 4.87. The van der Waals surface area contributed by atoms with Crippen LogP contribution in [0.2, 0.25) is 0 Å². The van der Waals surface area contributed by atoms with Crippen LogP contribution in [-0.2, 0) is 17.8 Å². The second-order valence-corrected chi connectivity index (χ2v) is 4.59. The van der Waals surface area contributed by atoms with Crippen molar-refractivity contribution in [1.29, 1.82) is 0 Å². The first-order chi connectivity index (χ1) is 7.16. The van der Waals surface area contributed by atoms with Crippen molar-refractivity contribution in [3.8, 4) is 0 Å². The molecule has 3 nitrogen and oxygen atoms in total. The number of benzene rings is 1. The summed E-state index contributed by atoms with van der Waals surface area (Å²) in [5.41, 5.74) is 2.55. The fourth-order valence-electron chi connectivity index (χ4n) is 1.95. The number of aliphatic carboxylic acids is 1. The van der Waals surface area contributed by atoms with Crippen molar-refractivity contribution in [3.63, 3.8) is 0 Å². The van der Waals surface area contributed by atoms with Crippen molar-refractivity contribution in [2.24, 2.45) is 0 Å². The fraction of sp³-hybridized carbons (Fsp3) is 0.364. The number of hydrogen-bond donors (Lipinski definition) is 1. The summed E-state index contributed by atoms with van der Waals surface area (Å²) in [6, 6.07) is 6.09. The Morgan fingerprint density at radius 2 is 2.25 bits per heavy atom. The second kappa shape index (κ2) is 5.66. The van der Waals surface area contributed by atoms with Gasteiger partial charge in [0.05, 0.1) is 6.54 Å². The average molecular weight is 307 g/mol. The molecular weight excluding hydrogens is 293 g/mol. The van der Waals surface area contributed by atoms with Crippen LogP contribution in [0, 0.1) is 0 Å². The monoisotopic (exact) mass is 305 g/mol. The molecular formula is C11H13BrClNO2. The van der Waals surface area contributed by atoms with Gasteiger partial charge in [0, 0.05) is 17.6 Å². The summed E-state index contributed by atoms with van der Waals surface area (Å²) in [7, 11) is 0. The molecule has 0 bridgehead atoms. The van der Waals surface area contributed by atoms with E-state index in [9.17, 15) is 4.79 Å². The highest BCUT2D eigenvalue weighted by molar-refractivity contribution is 9.10. The molecule has 2 rings (SSSR count). The number of carboxylic acids is 1. The highest BCUT2D eigenvalue weighted by atomic mass is 79.9. The molecule has 0 saturated heterocycles. The van der Waals surface area contributed by atoms with Crippen molar-refractivity contribution >= 4 is 34.3 Å². The van der Waals surface area contributed by atoms with E-state index in [1.807, 2.05) is 17.0 Å². The van der Waals surface area contributed by atoms with E-state index in [1.54, 1.807) is 0 Å². The lowest BCUT2D eigenvalue weighted by atomic mass is 10.00. The molecule has 0 atom stereocenters. The summed E-state index contributed by atoms with van der Waals surface area (Å²) in [6.07, 6.45) is 0.921. The number of rotatable bonds is 2. The lowest BCUT2D eigenvalue weighted by molar-refractivity contribution is -0.138. The quantitative estimate of drug-likeness (QED) is 0.911. The Balaban J connectivity index is 0.00000128. The second-order valence-electron chi connectivity index (χ2n) is 3.73. The first-order valence-corrected chi connectivity index (χ1v) is 5.66. The van der Waals surface area contributed by atoms with Gasteiger partial charge in [0.25, 0.3) is 0 Å². The third kappa shape index (κ3) is 2.97. The predicted molar refractivity (Wildman–Crippen MR) is 68.0 cm³/mol. The molecule has 1 aromatic carbocycles. The van der Waals surface area contributed by atoms with E-state index < -0.39 is 5.97 Å². The summed E-state index contributed by atoms with van der Waals surface area (Å²) in [4.78, 5) is 12.6. The van der Waals surface area contributed by atoms with Gasteiger partial charge in [-0.2, -0.15) is 0 Å². The van der Waals surface area contributed by atoms with Crippen LogP contribution in [0.3, 0.4) is 0 Å². The summed E-state index contributed by atoms with van der Waals surface area (Å²) in [5.74, 6) is -0.756. The van der Waals surface area contributed by atoms with E-state index in [0.717, 1.165) is 24.0 Å². The highest BCUT2D eigenvalue weighted by Crippen LogP contribution is 2.25. The summed E-state index contributed by atoms with van der Waals surface area (Å²) >= 11 is 3.52. The maximum Gasteiger partial charge on any atom is 0.317 e. The standard InChI is InChI=1S/C11H12BrNO2.ClH/c12-10-3-1-2-8-6-13(7-11(14)15)5-4-9(8)10;/h1-3H,4-7H2,(H,14,15);1H. The van der Waals surface area contributed by atoms with E-state index in [4.69, 9.17) is 5.11 Å². The summed E-state index contributed by atoms with van der Waals surface area (Å²) in [5, 5.41) is 8.72. The van der Waals surface area contributed by atoms with Crippen LogP contribution in [0.5, 0.6) is 0 Å². The van der Waals surface area contributed by atoms with E-state index >= 15 is 0 Å². The maximum atomic E-state index is 10.6. The van der Waals surface area contributed by atoms with Gasteiger partial charge in [-0.1, -0.05) is 28.1 Å². The molecule has 1 aliphatic heterocycles. The number of nitrogens with zero attached hydrogens (tertiary/aromatic N) is 1. The lowest BCUT2D eigenvalue weighted by Gasteiger charge is -2.27. The Morgan fingerprint density at radius 3 is 2.94 bits per heavy atom. The zero-order chi connectivity index (χ0) is 10.8. The molecule has 1 aliphatic rings. The third-order valence-electron chi connectivity index (χ3n) is 2.65. The predicted octanol–water partition coefficient (Wildman–Crippen LogP) is 2.31. The molecule has 0 aromatic heterocycles. The maximum absolute atomic E-state index is 10.6. The van der Waals surface area contributed by atoms with Crippen molar-refractivity contribution in [2.45, 2.75) is 13.0 Å². The van der Waals surface area contributed by atoms with E-state index in [-0.39, 0.29) is 19.0 Å². The van der Waals surface area contributed by atoms with Crippen LogP contribution in [0.15, 0.2) is 22.7 Å². The largest absolute Gasteiger partial charge is 0.480 e. The van der Waals surface area contributed by atoms with E-state index in [0.29, 0.717) is 0 Å². The third-order valence-corrected chi connectivity index (χ3v) is 3.39. The molecule has 0 unspecified atom stereocenters. The minimum Gasteiger partial charge on any atom is -0.480 e. The zero-order valence-electron chi connectivity index (χ0n) is 8.65. The molecule has 1 aromatic rings. The van der Waals surface area contributed by atoms with Gasteiger partial charge in [-0.05, 0) is 23.6 Å². The van der Waals surface area contributed by atoms with Crippen molar-refractivity contribution in [2.75, 3.05) is 13.1 Å². The van der Waals surface area contributed by atoms with Crippen LogP contribution in [0.4, 0.5) is 0 Å². The molecule has 0 spiro atoms. The van der Waals surface area contributed by atoms with Gasteiger partial charge in [0.2, 0.25) is 0 Å². The first kappa shape index (κ1) is 13.5. The number of hydrogen-bond acceptors (Lipinski definition) is 2. The lowest BCUT2D eigenvalue weighted by Crippen LogP contribution is -2.34. The molecule has 5 heteroatoms. The minimum absolute atomic E-state index is 0. The van der Waals surface area contributed by atoms with Crippen LogP contribution in [-0.4, -0.2) is 29.1 Å². The average Bonchev–Trinajstić information content (AvgIpc) is 2.17. The molecule has 16 heavy (non-hydrogen) atoms. The van der Waals surface area contributed by atoms with Crippen molar-refractivity contribution < 1.29 is 9.90 Å². The summed E-state index contributed by atoms with van der Waals surface area (Å²) < 4.78 is 1.13. The van der Waals surface area contributed by atoms with Crippen molar-refractivity contribution in [1.82, 2.24) is 4.90 Å². The smallest absolute Gasteiger partial charge is 0.317 e. The van der Waals surface area contributed by atoms with E-state index in [1.165, 1.54) is 11.1 Å². The Bertz CT molecular complexity index is 398. The van der Waals surface area contributed by atoms with Gasteiger partial charge in [0.15, 0.2) is 0 Å². The van der Waals surface area contributed by atoms with Crippen LogP contribution in [0.1, 0.15) is 11.1 Å². The molecule has 0 aliphatic carbocycles. The fourth-order valence-corrected chi connectivity index (χ4v) is 2.55. The summed E-state index contributed by atoms with van der Waals surface area (Å²) in [6.45, 7) is 1.69. The number of carboxylic acid groups (broad SMARTS) is 1. The minimum atomic E-state index is -0.756. The van der Waals surface area contributed by atoms with Crippen LogP contribution < -0.4 is 0 Å². The molecule has 0 amide bonds. The van der Waals surface area contributed by atoms with Gasteiger partial charge >= 0.3 is 5.97 Å². The van der Waals surface area contributed by atoms with Gasteiger partial charge in [-0.3, -0.25) is 9.69 Å². The van der Waals surface area contributed by atoms with Gasteiger partial charge in [-0.15, -0.1) is 12.4 Å². The Kier molecular flexibility index (Phi) is 4.77. The van der Waals surface area contributed by atoms with Crippen molar-refractivity contribution in [3.05, 3.63) is 33.8 Å².